The van der Waals surface area contributed by atoms with Crippen LogP contribution in [0.2, 0.25) is 0 Å². The third kappa shape index (κ3) is 4.28. The molecule has 4 atom stereocenters. The normalized spacial score (nSPS) is 29.4. The number of carbonyl (C=O) groups excluding carboxylic acids is 2. The Bertz CT molecular complexity index is 969. The van der Waals surface area contributed by atoms with E-state index in [2.05, 4.69) is 10.6 Å². The van der Waals surface area contributed by atoms with E-state index >= 15 is 0 Å². The van der Waals surface area contributed by atoms with Gasteiger partial charge in [0, 0.05) is 49.6 Å². The van der Waals surface area contributed by atoms with Crippen molar-refractivity contribution in [2.45, 2.75) is 82.0 Å². The number of carbonyl (C=O) groups is 2. The van der Waals surface area contributed by atoms with E-state index in [1.807, 2.05) is 38.1 Å². The molecule has 1 aromatic rings. The molecule has 2 saturated carbocycles. The van der Waals surface area contributed by atoms with Crippen LogP contribution in [0.5, 0.6) is 5.75 Å². The van der Waals surface area contributed by atoms with Crippen LogP contribution in [0.25, 0.3) is 0 Å². The second-order valence-electron chi connectivity index (χ2n) is 11.1. The van der Waals surface area contributed by atoms with Crippen molar-refractivity contribution in [3.05, 3.63) is 29.8 Å². The topological polar surface area (TPSA) is 104 Å². The van der Waals surface area contributed by atoms with Gasteiger partial charge in [0.15, 0.2) is 5.96 Å². The van der Waals surface area contributed by atoms with Crippen molar-refractivity contribution in [3.63, 3.8) is 0 Å². The number of nitrogens with one attached hydrogen (secondary N) is 3. The average Bonchev–Trinajstić information content (AvgIpc) is 3.54. The van der Waals surface area contributed by atoms with E-state index in [4.69, 9.17) is 14.9 Å². The molecule has 8 heteroatoms. The second-order valence-corrected chi connectivity index (χ2v) is 11.1. The van der Waals surface area contributed by atoms with Crippen molar-refractivity contribution >= 4 is 17.8 Å². The summed E-state index contributed by atoms with van der Waals surface area (Å²) in [5, 5.41) is 15.0. The molecule has 1 saturated heterocycles. The quantitative estimate of drug-likeness (QED) is 0.570. The fourth-order valence-corrected chi connectivity index (χ4v) is 5.98. The molecule has 4 aliphatic rings. The Morgan fingerprint density at radius 1 is 1.35 bits per heavy atom. The van der Waals surface area contributed by atoms with Crippen LogP contribution in [0, 0.1) is 17.2 Å². The average molecular weight is 469 g/mol. The molecule has 2 aliphatic heterocycles. The summed E-state index contributed by atoms with van der Waals surface area (Å²) < 4.78 is 11.6. The third-order valence-electron chi connectivity index (χ3n) is 7.96. The third-order valence-corrected chi connectivity index (χ3v) is 7.96. The van der Waals surface area contributed by atoms with Crippen LogP contribution in [0.1, 0.15) is 70.4 Å². The zero-order valence-electron chi connectivity index (χ0n) is 20.4. The summed E-state index contributed by atoms with van der Waals surface area (Å²) in [6.45, 7) is 4.33. The highest BCUT2D eigenvalue weighted by molar-refractivity contribution is 5.99. The Balaban J connectivity index is 1.29. The first-order valence-corrected chi connectivity index (χ1v) is 12.5. The number of ether oxygens (including phenoxy) is 2. The van der Waals surface area contributed by atoms with E-state index in [-0.39, 0.29) is 47.3 Å². The summed E-state index contributed by atoms with van der Waals surface area (Å²) in [4.78, 5) is 27.9. The molecule has 0 bridgehead atoms. The van der Waals surface area contributed by atoms with Gasteiger partial charge in [-0.15, -0.1) is 0 Å². The first-order valence-electron chi connectivity index (χ1n) is 12.5. The lowest BCUT2D eigenvalue weighted by Crippen LogP contribution is -2.63. The molecule has 1 unspecified atom stereocenters. The van der Waals surface area contributed by atoms with E-state index < -0.39 is 5.54 Å². The maximum Gasteiger partial charge on any atom is 0.231 e. The van der Waals surface area contributed by atoms with Crippen LogP contribution < -0.4 is 15.4 Å². The molecule has 1 spiro atoms. The standard InChI is InChI=1S/C26H36N4O4/c1-25(2)15-22(31)30(24(27)29-25)20(9-12-33-3)17-13-18(17)23(32)28-19-14-26(10-6-11-26)34-21-8-5-4-7-16(19)21/h4-5,7-8,17-20H,6,9-15H2,1-3H3,(H2,27,29)(H,28,32)/t17-,18-,19?,20+/m1/s1. The fraction of sp³-hybridized carbons (Fsp3) is 0.654. The van der Waals surface area contributed by atoms with Crippen LogP contribution in [-0.2, 0) is 14.3 Å². The minimum Gasteiger partial charge on any atom is -0.487 e. The number of guanidine groups is 1. The maximum atomic E-state index is 13.4. The van der Waals surface area contributed by atoms with Gasteiger partial charge in [-0.25, -0.2) is 0 Å². The minimum absolute atomic E-state index is 0.0233. The molecule has 3 N–H and O–H groups in total. The molecule has 184 valence electrons. The number of nitrogens with zero attached hydrogens (tertiary/aromatic N) is 1. The molecule has 2 aliphatic carbocycles. The summed E-state index contributed by atoms with van der Waals surface area (Å²) in [6.07, 6.45) is 5.66. The summed E-state index contributed by atoms with van der Waals surface area (Å²) in [5.74, 6) is 0.836. The Morgan fingerprint density at radius 2 is 2.12 bits per heavy atom. The Morgan fingerprint density at radius 3 is 2.79 bits per heavy atom. The van der Waals surface area contributed by atoms with E-state index in [1.54, 1.807) is 12.0 Å². The molecule has 8 nitrogen and oxygen atoms in total. The van der Waals surface area contributed by atoms with E-state index in [1.165, 1.54) is 0 Å². The van der Waals surface area contributed by atoms with Gasteiger partial charge in [0.05, 0.1) is 6.04 Å². The zero-order valence-corrected chi connectivity index (χ0v) is 20.4. The van der Waals surface area contributed by atoms with Gasteiger partial charge in [0.1, 0.15) is 11.4 Å². The molecule has 1 aromatic carbocycles. The van der Waals surface area contributed by atoms with Gasteiger partial charge in [-0.05, 0) is 57.9 Å². The summed E-state index contributed by atoms with van der Waals surface area (Å²) in [5.41, 5.74) is 0.454. The summed E-state index contributed by atoms with van der Waals surface area (Å²) in [7, 11) is 1.64. The van der Waals surface area contributed by atoms with E-state index in [0.717, 1.165) is 43.4 Å². The molecule has 3 fully saturated rings. The van der Waals surface area contributed by atoms with Gasteiger partial charge in [-0.3, -0.25) is 19.9 Å². The Labute approximate surface area is 201 Å². The smallest absolute Gasteiger partial charge is 0.231 e. The first kappa shape index (κ1) is 23.1. The van der Waals surface area contributed by atoms with Crippen molar-refractivity contribution < 1.29 is 19.1 Å². The van der Waals surface area contributed by atoms with Crippen molar-refractivity contribution in [3.8, 4) is 5.75 Å². The van der Waals surface area contributed by atoms with Crippen LogP contribution in [0.4, 0.5) is 0 Å². The number of rotatable bonds is 7. The predicted octanol–water partition coefficient (Wildman–Crippen LogP) is 3.13. The number of hydrogen-bond donors (Lipinski definition) is 3. The number of hydrogen-bond acceptors (Lipinski definition) is 5. The Kier molecular flexibility index (Phi) is 5.82. The number of amides is 2. The van der Waals surface area contributed by atoms with E-state index in [0.29, 0.717) is 19.4 Å². The maximum absolute atomic E-state index is 13.4. The van der Waals surface area contributed by atoms with Crippen LogP contribution in [-0.4, -0.2) is 53.6 Å². The first-order chi connectivity index (χ1) is 16.2. The van der Waals surface area contributed by atoms with Gasteiger partial charge in [0.2, 0.25) is 11.8 Å². The lowest BCUT2D eigenvalue weighted by molar-refractivity contribution is -0.133. The van der Waals surface area contributed by atoms with E-state index in [9.17, 15) is 9.59 Å². The molecule has 5 rings (SSSR count). The zero-order chi connectivity index (χ0) is 24.1. The van der Waals surface area contributed by atoms with Crippen molar-refractivity contribution in [2.75, 3.05) is 13.7 Å². The molecular formula is C26H36N4O4. The largest absolute Gasteiger partial charge is 0.487 e. The molecule has 2 amide bonds. The molecule has 2 heterocycles. The van der Waals surface area contributed by atoms with Gasteiger partial charge < -0.3 is 20.1 Å². The SMILES string of the molecule is COCC[C@@H]([C@@H]1C[C@H]1C(=O)NC1CC2(CCC2)Oc2ccccc21)N1C(=N)NC(C)(C)CC1=O. The lowest BCUT2D eigenvalue weighted by atomic mass is 9.73. The van der Waals surface area contributed by atoms with Gasteiger partial charge in [-0.1, -0.05) is 18.2 Å². The van der Waals surface area contributed by atoms with Gasteiger partial charge >= 0.3 is 0 Å². The highest BCUT2D eigenvalue weighted by atomic mass is 16.5. The van der Waals surface area contributed by atoms with Gasteiger partial charge in [0.25, 0.3) is 0 Å². The minimum atomic E-state index is -0.440. The molecular weight excluding hydrogens is 432 g/mol. The summed E-state index contributed by atoms with van der Waals surface area (Å²) in [6, 6.07) is 7.72. The fourth-order valence-electron chi connectivity index (χ4n) is 5.98. The monoisotopic (exact) mass is 468 g/mol. The number of methoxy groups -OCH3 is 1. The lowest BCUT2D eigenvalue weighted by Gasteiger charge is -2.48. The van der Waals surface area contributed by atoms with Crippen LogP contribution in [0.15, 0.2) is 24.3 Å². The van der Waals surface area contributed by atoms with Crippen LogP contribution >= 0.6 is 0 Å². The Hall–Kier alpha value is -2.61. The number of benzene rings is 1. The van der Waals surface area contributed by atoms with Crippen LogP contribution in [0.3, 0.4) is 0 Å². The highest BCUT2D eigenvalue weighted by Crippen LogP contribution is 2.50. The molecule has 0 radical (unpaired) electrons. The number of fused-ring (bicyclic) bond motifs is 1. The van der Waals surface area contributed by atoms with Gasteiger partial charge in [-0.2, -0.15) is 0 Å². The summed E-state index contributed by atoms with van der Waals surface area (Å²) >= 11 is 0. The van der Waals surface area contributed by atoms with Crippen molar-refractivity contribution in [2.24, 2.45) is 11.8 Å². The highest BCUT2D eigenvalue weighted by Gasteiger charge is 2.53. The predicted molar refractivity (Wildman–Crippen MR) is 127 cm³/mol. The van der Waals surface area contributed by atoms with Crippen molar-refractivity contribution in [1.82, 2.24) is 15.5 Å². The molecule has 34 heavy (non-hydrogen) atoms. The van der Waals surface area contributed by atoms with Crippen molar-refractivity contribution in [1.29, 1.82) is 5.41 Å². The number of para-hydroxylation sites is 1. The second kappa shape index (κ2) is 8.56. The molecule has 0 aromatic heterocycles.